The molecule has 1 heterocycles. The molecule has 0 saturated carbocycles. The van der Waals surface area contributed by atoms with Crippen LogP contribution in [0.5, 0.6) is 0 Å². The predicted octanol–water partition coefficient (Wildman–Crippen LogP) is 2.54. The maximum Gasteiger partial charge on any atom is 0.177 e. The zero-order valence-corrected chi connectivity index (χ0v) is 9.31. The molecule has 2 rings (SSSR count). The normalized spacial score (nSPS) is 9.35. The molecule has 2 aromatic rings. The van der Waals surface area contributed by atoms with Crippen LogP contribution in [0.25, 0.3) is 11.3 Å². The molecule has 0 saturated heterocycles. The maximum absolute atomic E-state index is 8.85. The molecule has 1 aromatic heterocycles. The second-order valence-electron chi connectivity index (χ2n) is 3.16. The lowest BCUT2D eigenvalue weighted by Crippen LogP contribution is -1.96. The van der Waals surface area contributed by atoms with Gasteiger partial charge >= 0.3 is 0 Å². The van der Waals surface area contributed by atoms with Crippen molar-refractivity contribution in [3.63, 3.8) is 0 Å². The van der Waals surface area contributed by atoms with Gasteiger partial charge < -0.3 is 0 Å². The molecule has 0 unspecified atom stereocenters. The molecule has 1 aromatic carbocycles. The van der Waals surface area contributed by atoms with Crippen molar-refractivity contribution in [2.75, 3.05) is 0 Å². The van der Waals surface area contributed by atoms with E-state index in [4.69, 9.17) is 22.1 Å². The Morgan fingerprint density at radius 1 is 1.06 bits per heavy atom. The quantitative estimate of drug-likeness (QED) is 0.768. The van der Waals surface area contributed by atoms with E-state index in [0.717, 1.165) is 0 Å². The minimum atomic E-state index is 0.00456. The van der Waals surface area contributed by atoms with Crippen molar-refractivity contribution < 1.29 is 0 Å². The van der Waals surface area contributed by atoms with Crippen LogP contribution >= 0.6 is 11.6 Å². The van der Waals surface area contributed by atoms with Crippen molar-refractivity contribution in [2.24, 2.45) is 0 Å². The third-order valence-corrected chi connectivity index (χ3v) is 2.46. The molecule has 0 spiro atoms. The van der Waals surface area contributed by atoms with Crippen LogP contribution < -0.4 is 0 Å². The summed E-state index contributed by atoms with van der Waals surface area (Å²) < 4.78 is 0. The summed E-state index contributed by atoms with van der Waals surface area (Å²) in [7, 11) is 0. The Morgan fingerprint density at radius 2 is 1.76 bits per heavy atom. The molecule has 0 radical (unpaired) electrons. The summed E-state index contributed by atoms with van der Waals surface area (Å²) in [6.07, 6.45) is 1.43. The van der Waals surface area contributed by atoms with Gasteiger partial charge in [0.05, 0.1) is 16.9 Å². The van der Waals surface area contributed by atoms with E-state index in [9.17, 15) is 0 Å². The van der Waals surface area contributed by atoms with Gasteiger partial charge in [-0.15, -0.1) is 0 Å². The zero-order valence-electron chi connectivity index (χ0n) is 8.55. The summed E-state index contributed by atoms with van der Waals surface area (Å²) in [5, 5.41) is 18.1. The Morgan fingerprint density at radius 3 is 2.41 bits per heavy atom. The summed E-state index contributed by atoms with van der Waals surface area (Å²) in [5.74, 6) is 0. The number of hydrogen-bond donors (Lipinski definition) is 0. The SMILES string of the molecule is N#Cc1ncc(-c2ccccc2Cl)nc1C#N. The first-order valence-corrected chi connectivity index (χ1v) is 5.06. The highest BCUT2D eigenvalue weighted by atomic mass is 35.5. The molecule has 0 amide bonds. The fraction of sp³-hybridized carbons (Fsp3) is 0. The summed E-state index contributed by atoms with van der Waals surface area (Å²) in [5.41, 5.74) is 1.18. The van der Waals surface area contributed by atoms with Crippen LogP contribution in [0, 0.1) is 22.7 Å². The number of hydrogen-bond acceptors (Lipinski definition) is 4. The van der Waals surface area contributed by atoms with Crippen molar-refractivity contribution in [1.82, 2.24) is 9.97 Å². The zero-order chi connectivity index (χ0) is 12.3. The number of halogens is 1. The molecular weight excluding hydrogens is 236 g/mol. The Hall–Kier alpha value is -2.43. The highest BCUT2D eigenvalue weighted by Gasteiger charge is 2.09. The van der Waals surface area contributed by atoms with Crippen molar-refractivity contribution in [3.05, 3.63) is 46.9 Å². The van der Waals surface area contributed by atoms with Crippen molar-refractivity contribution in [3.8, 4) is 23.4 Å². The molecule has 0 atom stereocenters. The van der Waals surface area contributed by atoms with Gasteiger partial charge in [-0.25, -0.2) is 9.97 Å². The standard InChI is InChI=1S/C12H5ClN4/c13-9-4-2-1-3-8(9)12-7-16-10(5-14)11(6-15)17-12/h1-4,7H. The Balaban J connectivity index is 2.61. The van der Waals surface area contributed by atoms with Crippen molar-refractivity contribution in [1.29, 1.82) is 10.5 Å². The molecule has 0 fully saturated rings. The van der Waals surface area contributed by atoms with E-state index in [1.165, 1.54) is 6.20 Å². The topological polar surface area (TPSA) is 73.4 Å². The lowest BCUT2D eigenvalue weighted by Gasteiger charge is -2.03. The van der Waals surface area contributed by atoms with Gasteiger partial charge in [-0.2, -0.15) is 10.5 Å². The average molecular weight is 241 g/mol. The van der Waals surface area contributed by atoms with Gasteiger partial charge in [-0.3, -0.25) is 0 Å². The Labute approximate surface area is 103 Å². The van der Waals surface area contributed by atoms with Crippen molar-refractivity contribution in [2.45, 2.75) is 0 Å². The monoisotopic (exact) mass is 240 g/mol. The summed E-state index contributed by atoms with van der Waals surface area (Å²) >= 11 is 6.01. The second kappa shape index (κ2) is 4.61. The third-order valence-electron chi connectivity index (χ3n) is 2.13. The summed E-state index contributed by atoms with van der Waals surface area (Å²) in [6, 6.07) is 10.8. The smallest absolute Gasteiger partial charge is 0.177 e. The van der Waals surface area contributed by atoms with Crippen LogP contribution in [0.4, 0.5) is 0 Å². The lowest BCUT2D eigenvalue weighted by atomic mass is 10.1. The molecule has 0 N–H and O–H groups in total. The first-order valence-electron chi connectivity index (χ1n) is 4.68. The van der Waals surface area contributed by atoms with Gasteiger partial charge in [0.25, 0.3) is 0 Å². The highest BCUT2D eigenvalue weighted by Crippen LogP contribution is 2.25. The van der Waals surface area contributed by atoms with Gasteiger partial charge in [0.15, 0.2) is 11.4 Å². The van der Waals surface area contributed by atoms with E-state index in [2.05, 4.69) is 9.97 Å². The highest BCUT2D eigenvalue weighted by molar-refractivity contribution is 6.33. The molecule has 0 bridgehead atoms. The van der Waals surface area contributed by atoms with E-state index in [1.807, 2.05) is 18.2 Å². The first kappa shape index (κ1) is 11.1. The maximum atomic E-state index is 8.85. The molecule has 0 aliphatic heterocycles. The summed E-state index contributed by atoms with van der Waals surface area (Å²) in [4.78, 5) is 7.94. The van der Waals surface area contributed by atoms with Crippen LogP contribution in [-0.4, -0.2) is 9.97 Å². The van der Waals surface area contributed by atoms with Crippen LogP contribution in [0.3, 0.4) is 0 Å². The minimum Gasteiger partial charge on any atom is -0.240 e. The molecule has 17 heavy (non-hydrogen) atoms. The molecule has 4 nitrogen and oxygen atoms in total. The molecule has 80 valence electrons. The Bertz CT molecular complexity index is 652. The van der Waals surface area contributed by atoms with Gasteiger partial charge in [0.2, 0.25) is 0 Å². The molecule has 5 heteroatoms. The fourth-order valence-electron chi connectivity index (χ4n) is 1.35. The van der Waals surface area contributed by atoms with Gasteiger partial charge in [0, 0.05) is 5.56 Å². The number of aromatic nitrogens is 2. The van der Waals surface area contributed by atoms with Gasteiger partial charge in [-0.05, 0) is 6.07 Å². The molecular formula is C12H5ClN4. The Kier molecular flexibility index (Phi) is 3.00. The van der Waals surface area contributed by atoms with Crippen LogP contribution in [0.2, 0.25) is 5.02 Å². The van der Waals surface area contributed by atoms with Gasteiger partial charge in [-0.1, -0.05) is 29.8 Å². The van der Waals surface area contributed by atoms with Crippen LogP contribution in [0.1, 0.15) is 11.4 Å². The van der Waals surface area contributed by atoms with Crippen LogP contribution in [-0.2, 0) is 0 Å². The second-order valence-corrected chi connectivity index (χ2v) is 3.56. The number of benzene rings is 1. The van der Waals surface area contributed by atoms with E-state index in [1.54, 1.807) is 18.2 Å². The van der Waals surface area contributed by atoms with E-state index < -0.39 is 0 Å². The number of rotatable bonds is 1. The number of nitrogens with zero attached hydrogens (tertiary/aromatic N) is 4. The average Bonchev–Trinajstić information content (AvgIpc) is 2.38. The van der Waals surface area contributed by atoms with Crippen LogP contribution in [0.15, 0.2) is 30.5 Å². The minimum absolute atomic E-state index is 0.00456. The first-order chi connectivity index (χ1) is 8.26. The number of nitriles is 2. The van der Waals surface area contributed by atoms with E-state index >= 15 is 0 Å². The van der Waals surface area contributed by atoms with E-state index in [-0.39, 0.29) is 11.4 Å². The summed E-state index contributed by atoms with van der Waals surface area (Å²) in [6.45, 7) is 0. The van der Waals surface area contributed by atoms with Gasteiger partial charge in [0.1, 0.15) is 12.1 Å². The van der Waals surface area contributed by atoms with E-state index in [0.29, 0.717) is 16.3 Å². The van der Waals surface area contributed by atoms with Crippen molar-refractivity contribution >= 4 is 11.6 Å². The fourth-order valence-corrected chi connectivity index (χ4v) is 1.58. The predicted molar refractivity (Wildman–Crippen MR) is 61.9 cm³/mol. The largest absolute Gasteiger partial charge is 0.240 e. The molecule has 0 aliphatic carbocycles. The third kappa shape index (κ3) is 2.08. The lowest BCUT2D eigenvalue weighted by molar-refractivity contribution is 1.13. The molecule has 0 aliphatic rings.